The van der Waals surface area contributed by atoms with Gasteiger partial charge in [0, 0.05) is 5.56 Å². The maximum atomic E-state index is 12.7. The lowest BCUT2D eigenvalue weighted by molar-refractivity contribution is -0.123. The van der Waals surface area contributed by atoms with Crippen LogP contribution in [0.25, 0.3) is 6.08 Å². The number of aryl methyl sites for hydroxylation is 1. The number of methoxy groups -OCH3 is 2. The number of ether oxygens (including phenoxy) is 2. The van der Waals surface area contributed by atoms with Crippen LogP contribution in [0.4, 0.5) is 4.79 Å². The van der Waals surface area contributed by atoms with Crippen LogP contribution < -0.4 is 9.47 Å². The first-order valence-corrected chi connectivity index (χ1v) is 11.4. The highest BCUT2D eigenvalue weighted by atomic mass is 32.2. The molecule has 2 amide bonds. The Hall–Kier alpha value is -2.73. The van der Waals surface area contributed by atoms with Crippen LogP contribution in [0.3, 0.4) is 0 Å². The van der Waals surface area contributed by atoms with E-state index in [1.165, 1.54) is 17.6 Å². The number of nitrogens with zero attached hydrogens (tertiary/aromatic N) is 1. The van der Waals surface area contributed by atoms with Gasteiger partial charge in [-0.2, -0.15) is 0 Å². The van der Waals surface area contributed by atoms with E-state index in [1.807, 2.05) is 58.0 Å². The quantitative estimate of drug-likeness (QED) is 0.474. The summed E-state index contributed by atoms with van der Waals surface area (Å²) in [6.07, 6.45) is 2.71. The monoisotopic (exact) mass is 443 g/mol. The van der Waals surface area contributed by atoms with Crippen molar-refractivity contribution in [2.45, 2.75) is 47.6 Å². The topological polar surface area (TPSA) is 55.8 Å². The van der Waals surface area contributed by atoms with Crippen LogP contribution in [-0.4, -0.2) is 30.3 Å². The highest BCUT2D eigenvalue weighted by molar-refractivity contribution is 8.18. The number of thioether (sulfide) groups is 1. The molecule has 0 saturated carbocycles. The van der Waals surface area contributed by atoms with Crippen LogP contribution in [0, 0.1) is 0 Å². The number of hydrogen-bond acceptors (Lipinski definition) is 5. The van der Waals surface area contributed by atoms with Gasteiger partial charge in [0.2, 0.25) is 0 Å². The Balaban J connectivity index is 0.00000113. The van der Waals surface area contributed by atoms with E-state index in [9.17, 15) is 9.59 Å². The second kappa shape index (κ2) is 13.5. The maximum absolute atomic E-state index is 12.7. The van der Waals surface area contributed by atoms with Gasteiger partial charge < -0.3 is 9.47 Å². The van der Waals surface area contributed by atoms with Crippen molar-refractivity contribution in [2.24, 2.45) is 0 Å². The lowest BCUT2D eigenvalue weighted by Crippen LogP contribution is -2.27. The number of para-hydroxylation sites is 1. The van der Waals surface area contributed by atoms with Crippen LogP contribution in [0.5, 0.6) is 11.5 Å². The average molecular weight is 444 g/mol. The van der Waals surface area contributed by atoms with Gasteiger partial charge in [-0.1, -0.05) is 71.0 Å². The maximum Gasteiger partial charge on any atom is 0.293 e. The SMILES string of the molecule is CC.CC.CCc1ccc(/C=C2\SC(=O)N(Cc3cccc(OC)c3OC)C2=O)cc1. The second-order valence-corrected chi connectivity index (χ2v) is 7.01. The predicted molar refractivity (Wildman–Crippen MR) is 130 cm³/mol. The summed E-state index contributed by atoms with van der Waals surface area (Å²) in [5, 5.41) is -0.290. The highest BCUT2D eigenvalue weighted by Gasteiger charge is 2.35. The first-order valence-electron chi connectivity index (χ1n) is 10.6. The molecule has 0 bridgehead atoms. The molecule has 1 saturated heterocycles. The van der Waals surface area contributed by atoms with Gasteiger partial charge in [-0.15, -0.1) is 0 Å². The lowest BCUT2D eigenvalue weighted by atomic mass is 10.1. The van der Waals surface area contributed by atoms with E-state index in [2.05, 4.69) is 6.92 Å². The standard InChI is InChI=1S/C21H21NO4S.2C2H6/c1-4-14-8-10-15(11-9-14)12-18-20(23)22(21(24)27-18)13-16-6-5-7-17(25-2)19(16)26-3;2*1-2/h5-12H,4,13H2,1-3H3;2*1-2H3/b18-12-;;. The van der Waals surface area contributed by atoms with Crippen molar-refractivity contribution in [1.29, 1.82) is 0 Å². The first-order chi connectivity index (χ1) is 15.1. The second-order valence-electron chi connectivity index (χ2n) is 6.02. The minimum atomic E-state index is -0.297. The molecule has 3 rings (SSSR count). The van der Waals surface area contributed by atoms with Gasteiger partial charge in [-0.05, 0) is 41.5 Å². The van der Waals surface area contributed by atoms with Crippen molar-refractivity contribution < 1.29 is 19.1 Å². The molecule has 0 atom stereocenters. The van der Waals surface area contributed by atoms with Gasteiger partial charge in [-0.3, -0.25) is 14.5 Å². The number of carbonyl (C=O) groups is 2. The lowest BCUT2D eigenvalue weighted by Gasteiger charge is -2.16. The van der Waals surface area contributed by atoms with E-state index in [-0.39, 0.29) is 17.7 Å². The number of benzene rings is 2. The molecule has 1 heterocycles. The Labute approximate surface area is 190 Å². The van der Waals surface area contributed by atoms with Crippen molar-refractivity contribution in [1.82, 2.24) is 4.90 Å². The summed E-state index contributed by atoms with van der Waals surface area (Å²) in [5.41, 5.74) is 2.84. The fraction of sp³-hybridized carbons (Fsp3) is 0.360. The Bertz CT molecular complexity index is 891. The molecule has 31 heavy (non-hydrogen) atoms. The fourth-order valence-corrected chi connectivity index (χ4v) is 3.72. The molecular formula is C25H33NO4S. The summed E-state index contributed by atoms with van der Waals surface area (Å²) in [6.45, 7) is 10.2. The normalized spacial score (nSPS) is 13.9. The number of amides is 2. The van der Waals surface area contributed by atoms with Gasteiger partial charge in [0.25, 0.3) is 11.1 Å². The van der Waals surface area contributed by atoms with Crippen LogP contribution in [-0.2, 0) is 17.8 Å². The van der Waals surface area contributed by atoms with Crippen LogP contribution in [0.2, 0.25) is 0 Å². The van der Waals surface area contributed by atoms with Crippen molar-refractivity contribution in [2.75, 3.05) is 14.2 Å². The van der Waals surface area contributed by atoms with E-state index in [1.54, 1.807) is 25.3 Å². The molecule has 168 valence electrons. The van der Waals surface area contributed by atoms with Crippen LogP contribution in [0.15, 0.2) is 47.4 Å². The molecule has 1 aliphatic heterocycles. The predicted octanol–water partition coefficient (Wildman–Crippen LogP) is 6.56. The molecule has 0 radical (unpaired) electrons. The summed E-state index contributed by atoms with van der Waals surface area (Å²) >= 11 is 0.956. The molecular weight excluding hydrogens is 410 g/mol. The molecule has 2 aromatic rings. The minimum absolute atomic E-state index is 0.136. The number of carbonyl (C=O) groups excluding carboxylic acids is 2. The Morgan fingerprint density at radius 2 is 1.58 bits per heavy atom. The van der Waals surface area contributed by atoms with Crippen molar-refractivity contribution >= 4 is 29.0 Å². The molecule has 0 N–H and O–H groups in total. The first kappa shape index (κ1) is 26.3. The summed E-state index contributed by atoms with van der Waals surface area (Å²) < 4.78 is 10.7. The number of imide groups is 1. The van der Waals surface area contributed by atoms with Gasteiger partial charge in [0.1, 0.15) is 0 Å². The Kier molecular flexibility index (Phi) is 11.5. The number of hydrogen-bond donors (Lipinski definition) is 0. The van der Waals surface area contributed by atoms with Crippen molar-refractivity contribution in [3.8, 4) is 11.5 Å². The van der Waals surface area contributed by atoms with E-state index < -0.39 is 0 Å². The molecule has 0 aliphatic carbocycles. The van der Waals surface area contributed by atoms with Crippen molar-refractivity contribution in [3.63, 3.8) is 0 Å². The summed E-state index contributed by atoms with van der Waals surface area (Å²) in [7, 11) is 3.09. The largest absolute Gasteiger partial charge is 0.493 e. The smallest absolute Gasteiger partial charge is 0.293 e. The minimum Gasteiger partial charge on any atom is -0.493 e. The molecule has 1 fully saturated rings. The van der Waals surface area contributed by atoms with Gasteiger partial charge >= 0.3 is 0 Å². The van der Waals surface area contributed by atoms with Crippen molar-refractivity contribution in [3.05, 3.63) is 64.1 Å². The van der Waals surface area contributed by atoms with Gasteiger partial charge in [0.05, 0.1) is 25.7 Å². The molecule has 2 aromatic carbocycles. The summed E-state index contributed by atoms with van der Waals surface area (Å²) in [6, 6.07) is 13.4. The molecule has 0 spiro atoms. The zero-order valence-corrected chi connectivity index (χ0v) is 20.3. The molecule has 0 aromatic heterocycles. The highest BCUT2D eigenvalue weighted by Crippen LogP contribution is 2.36. The number of rotatable bonds is 6. The molecule has 5 nitrogen and oxygen atoms in total. The summed E-state index contributed by atoms with van der Waals surface area (Å²) in [4.78, 5) is 26.8. The van der Waals surface area contributed by atoms with E-state index in [4.69, 9.17) is 9.47 Å². The molecule has 6 heteroatoms. The third-order valence-electron chi connectivity index (χ3n) is 4.37. The van der Waals surface area contributed by atoms with Crippen LogP contribution >= 0.6 is 11.8 Å². The van der Waals surface area contributed by atoms with Gasteiger partial charge in [0.15, 0.2) is 11.5 Å². The zero-order valence-electron chi connectivity index (χ0n) is 19.5. The van der Waals surface area contributed by atoms with E-state index in [0.717, 1.165) is 23.7 Å². The molecule has 0 unspecified atom stereocenters. The van der Waals surface area contributed by atoms with Gasteiger partial charge in [-0.25, -0.2) is 0 Å². The Morgan fingerprint density at radius 3 is 2.13 bits per heavy atom. The fourth-order valence-electron chi connectivity index (χ4n) is 2.89. The van der Waals surface area contributed by atoms with E-state index in [0.29, 0.717) is 22.0 Å². The molecule has 1 aliphatic rings. The van der Waals surface area contributed by atoms with E-state index >= 15 is 0 Å². The summed E-state index contributed by atoms with van der Waals surface area (Å²) in [5.74, 6) is 0.793. The third kappa shape index (κ3) is 6.62. The Morgan fingerprint density at radius 1 is 0.935 bits per heavy atom. The average Bonchev–Trinajstić information content (AvgIpc) is 3.09. The van der Waals surface area contributed by atoms with Crippen LogP contribution in [0.1, 0.15) is 51.3 Å². The third-order valence-corrected chi connectivity index (χ3v) is 5.28. The zero-order chi connectivity index (χ0) is 23.4.